The lowest BCUT2D eigenvalue weighted by atomic mass is 10.3. The lowest BCUT2D eigenvalue weighted by Crippen LogP contribution is -1.99. The predicted octanol–water partition coefficient (Wildman–Crippen LogP) is 2.60. The number of hydrogen-bond donors (Lipinski definition) is 2. The summed E-state index contributed by atoms with van der Waals surface area (Å²) >= 11 is 1.32. The number of rotatable bonds is 3. The van der Waals surface area contributed by atoms with E-state index < -0.39 is 5.97 Å². The summed E-state index contributed by atoms with van der Waals surface area (Å²) in [5, 5.41) is 12.5. The molecule has 0 radical (unpaired) electrons. The largest absolute Gasteiger partial charge is 0.476 e. The molecular formula is C11H11N3O2S. The molecule has 0 amide bonds. The van der Waals surface area contributed by atoms with E-state index in [1.807, 2.05) is 19.1 Å². The molecule has 0 saturated heterocycles. The maximum atomic E-state index is 10.9. The Morgan fingerprint density at radius 1 is 1.47 bits per heavy atom. The van der Waals surface area contributed by atoms with Crippen LogP contribution in [0.15, 0.2) is 18.3 Å². The third kappa shape index (κ3) is 2.42. The molecule has 2 rings (SSSR count). The molecule has 0 aliphatic heterocycles. The number of nitrogens with zero attached hydrogens (tertiary/aromatic N) is 2. The molecule has 17 heavy (non-hydrogen) atoms. The zero-order valence-electron chi connectivity index (χ0n) is 9.39. The average molecular weight is 249 g/mol. The summed E-state index contributed by atoms with van der Waals surface area (Å²) in [4.78, 5) is 19.7. The number of hydrogen-bond acceptors (Lipinski definition) is 5. The van der Waals surface area contributed by atoms with Crippen molar-refractivity contribution in [3.05, 3.63) is 34.6 Å². The lowest BCUT2D eigenvalue weighted by molar-refractivity contribution is 0.0690. The van der Waals surface area contributed by atoms with Gasteiger partial charge in [0.2, 0.25) is 0 Å². The van der Waals surface area contributed by atoms with E-state index in [9.17, 15) is 4.79 Å². The summed E-state index contributed by atoms with van der Waals surface area (Å²) in [6.07, 6.45) is 1.70. The number of carboxylic acids is 1. The molecule has 0 unspecified atom stereocenters. The van der Waals surface area contributed by atoms with E-state index in [-0.39, 0.29) is 5.69 Å². The maximum Gasteiger partial charge on any atom is 0.355 e. The van der Waals surface area contributed by atoms with Crippen molar-refractivity contribution in [1.29, 1.82) is 0 Å². The van der Waals surface area contributed by atoms with E-state index in [1.165, 1.54) is 11.3 Å². The number of nitrogens with one attached hydrogen (secondary N) is 1. The first-order chi connectivity index (χ1) is 8.08. The van der Waals surface area contributed by atoms with E-state index in [4.69, 9.17) is 5.11 Å². The van der Waals surface area contributed by atoms with Crippen LogP contribution in [0, 0.1) is 13.8 Å². The fourth-order valence-electron chi connectivity index (χ4n) is 1.38. The van der Waals surface area contributed by atoms with Crippen LogP contribution in [-0.4, -0.2) is 21.0 Å². The Kier molecular flexibility index (Phi) is 3.06. The second kappa shape index (κ2) is 4.50. The quantitative estimate of drug-likeness (QED) is 0.874. The van der Waals surface area contributed by atoms with Gasteiger partial charge in [-0.15, -0.1) is 11.3 Å². The molecule has 2 N–H and O–H groups in total. The Balaban J connectivity index is 2.28. The van der Waals surface area contributed by atoms with Gasteiger partial charge in [0.1, 0.15) is 0 Å². The number of anilines is 2. The minimum absolute atomic E-state index is 0.0963. The molecule has 2 aromatic rings. The average Bonchev–Trinajstić information content (AvgIpc) is 2.63. The predicted molar refractivity (Wildman–Crippen MR) is 66.1 cm³/mol. The van der Waals surface area contributed by atoms with Gasteiger partial charge in [0, 0.05) is 11.1 Å². The third-order valence-electron chi connectivity index (χ3n) is 2.25. The van der Waals surface area contributed by atoms with Gasteiger partial charge in [0.15, 0.2) is 10.8 Å². The van der Waals surface area contributed by atoms with Crippen molar-refractivity contribution in [2.24, 2.45) is 0 Å². The molecule has 6 heteroatoms. The normalized spacial score (nSPS) is 10.2. The van der Waals surface area contributed by atoms with Gasteiger partial charge >= 0.3 is 5.97 Å². The van der Waals surface area contributed by atoms with Crippen molar-refractivity contribution in [2.45, 2.75) is 13.8 Å². The molecule has 0 aromatic carbocycles. The zero-order valence-corrected chi connectivity index (χ0v) is 10.2. The second-order valence-electron chi connectivity index (χ2n) is 3.49. The number of aromatic carboxylic acids is 1. The molecule has 0 bridgehead atoms. The highest BCUT2D eigenvalue weighted by Crippen LogP contribution is 2.26. The molecule has 2 aromatic heterocycles. The number of carboxylic acid groups (broad SMARTS) is 1. The molecule has 0 atom stereocenters. The van der Waals surface area contributed by atoms with Crippen LogP contribution in [0.4, 0.5) is 10.8 Å². The van der Waals surface area contributed by atoms with Gasteiger partial charge in [0.05, 0.1) is 11.4 Å². The van der Waals surface area contributed by atoms with Gasteiger partial charge in [0.25, 0.3) is 0 Å². The Morgan fingerprint density at radius 2 is 2.24 bits per heavy atom. The first kappa shape index (κ1) is 11.5. The van der Waals surface area contributed by atoms with Crippen molar-refractivity contribution >= 4 is 28.1 Å². The van der Waals surface area contributed by atoms with Crippen molar-refractivity contribution in [2.75, 3.05) is 5.32 Å². The van der Waals surface area contributed by atoms with E-state index in [0.29, 0.717) is 10.0 Å². The van der Waals surface area contributed by atoms with Crippen molar-refractivity contribution in [3.63, 3.8) is 0 Å². The summed E-state index contributed by atoms with van der Waals surface area (Å²) in [6, 6.07) is 3.69. The molecule has 0 fully saturated rings. The van der Waals surface area contributed by atoms with Crippen molar-refractivity contribution in [1.82, 2.24) is 9.97 Å². The highest BCUT2D eigenvalue weighted by Gasteiger charge is 2.14. The Hall–Kier alpha value is -1.95. The van der Waals surface area contributed by atoms with Gasteiger partial charge in [-0.3, -0.25) is 4.98 Å². The fraction of sp³-hybridized carbons (Fsp3) is 0.182. The van der Waals surface area contributed by atoms with Crippen LogP contribution < -0.4 is 5.32 Å². The summed E-state index contributed by atoms with van der Waals surface area (Å²) in [7, 11) is 0. The van der Waals surface area contributed by atoms with Crippen LogP contribution in [0.3, 0.4) is 0 Å². The number of aryl methyl sites for hydroxylation is 2. The SMILES string of the molecule is Cc1ncccc1Nc1nc(C(=O)O)c(C)s1. The Morgan fingerprint density at radius 3 is 2.82 bits per heavy atom. The summed E-state index contributed by atoms with van der Waals surface area (Å²) in [5.41, 5.74) is 1.77. The van der Waals surface area contributed by atoms with Crippen molar-refractivity contribution in [3.8, 4) is 0 Å². The lowest BCUT2D eigenvalue weighted by Gasteiger charge is -2.04. The van der Waals surface area contributed by atoms with E-state index >= 15 is 0 Å². The van der Waals surface area contributed by atoms with Crippen LogP contribution in [0.2, 0.25) is 0 Å². The van der Waals surface area contributed by atoms with Crippen LogP contribution >= 0.6 is 11.3 Å². The Bertz CT molecular complexity index is 566. The fourth-order valence-corrected chi connectivity index (χ4v) is 2.20. The van der Waals surface area contributed by atoms with E-state index in [0.717, 1.165) is 11.4 Å². The Labute approximate surface area is 102 Å². The third-order valence-corrected chi connectivity index (χ3v) is 3.13. The molecule has 2 heterocycles. The van der Waals surface area contributed by atoms with Gasteiger partial charge in [-0.25, -0.2) is 9.78 Å². The number of carbonyl (C=O) groups is 1. The number of pyridine rings is 1. The smallest absolute Gasteiger partial charge is 0.355 e. The standard InChI is InChI=1S/C11H11N3O2S/c1-6-8(4-3-5-12-6)13-11-14-9(10(15)16)7(2)17-11/h3-5H,1-2H3,(H,13,14)(H,15,16). The van der Waals surface area contributed by atoms with Crippen LogP contribution in [0.5, 0.6) is 0 Å². The van der Waals surface area contributed by atoms with Crippen molar-refractivity contribution < 1.29 is 9.90 Å². The summed E-state index contributed by atoms with van der Waals surface area (Å²) in [5.74, 6) is -1.00. The van der Waals surface area contributed by atoms with Gasteiger partial charge < -0.3 is 10.4 Å². The van der Waals surface area contributed by atoms with Crippen LogP contribution in [0.25, 0.3) is 0 Å². The molecule has 88 valence electrons. The molecule has 5 nitrogen and oxygen atoms in total. The monoisotopic (exact) mass is 249 g/mol. The van der Waals surface area contributed by atoms with Gasteiger partial charge in [-0.1, -0.05) is 0 Å². The van der Waals surface area contributed by atoms with Crippen LogP contribution in [0.1, 0.15) is 21.1 Å². The molecule has 0 aliphatic carbocycles. The van der Waals surface area contributed by atoms with Crippen LogP contribution in [-0.2, 0) is 0 Å². The summed E-state index contributed by atoms with van der Waals surface area (Å²) < 4.78 is 0. The van der Waals surface area contributed by atoms with Gasteiger partial charge in [-0.05, 0) is 26.0 Å². The maximum absolute atomic E-state index is 10.9. The molecule has 0 saturated carbocycles. The highest BCUT2D eigenvalue weighted by molar-refractivity contribution is 7.15. The second-order valence-corrected chi connectivity index (χ2v) is 4.69. The number of aromatic nitrogens is 2. The topological polar surface area (TPSA) is 75.1 Å². The minimum atomic E-state index is -1.00. The minimum Gasteiger partial charge on any atom is -0.476 e. The highest BCUT2D eigenvalue weighted by atomic mass is 32.1. The molecule has 0 aliphatic rings. The summed E-state index contributed by atoms with van der Waals surface area (Å²) in [6.45, 7) is 3.61. The number of thiazole rings is 1. The first-order valence-corrected chi connectivity index (χ1v) is 5.79. The first-order valence-electron chi connectivity index (χ1n) is 4.97. The van der Waals surface area contributed by atoms with E-state index in [1.54, 1.807) is 13.1 Å². The molecule has 0 spiro atoms. The molecular weight excluding hydrogens is 238 g/mol. The van der Waals surface area contributed by atoms with Gasteiger partial charge in [-0.2, -0.15) is 0 Å². The zero-order chi connectivity index (χ0) is 12.4. The van der Waals surface area contributed by atoms with E-state index in [2.05, 4.69) is 15.3 Å².